The first kappa shape index (κ1) is 15.2. The van der Waals surface area contributed by atoms with E-state index in [0.717, 1.165) is 25.9 Å². The molecule has 104 valence electrons. The van der Waals surface area contributed by atoms with E-state index in [2.05, 4.69) is 6.92 Å². The Hall–Kier alpha value is -0.840. The van der Waals surface area contributed by atoms with Gasteiger partial charge in [-0.25, -0.2) is 4.79 Å². The second-order valence-corrected chi connectivity index (χ2v) is 6.65. The lowest BCUT2D eigenvalue weighted by Gasteiger charge is -2.37. The summed E-state index contributed by atoms with van der Waals surface area (Å²) in [6.45, 7) is 9.24. The highest BCUT2D eigenvalue weighted by molar-refractivity contribution is 7.80. The fourth-order valence-corrected chi connectivity index (χ4v) is 2.46. The van der Waals surface area contributed by atoms with Crippen LogP contribution in [0.4, 0.5) is 4.79 Å². The number of nitrogens with two attached hydrogens (primary N) is 1. The first-order chi connectivity index (χ1) is 8.19. The van der Waals surface area contributed by atoms with Gasteiger partial charge in [-0.3, -0.25) is 0 Å². The molecule has 1 aliphatic rings. The van der Waals surface area contributed by atoms with E-state index in [1.165, 1.54) is 0 Å². The Labute approximate surface area is 115 Å². The van der Waals surface area contributed by atoms with Gasteiger partial charge in [0.15, 0.2) is 0 Å². The Morgan fingerprint density at radius 2 is 2.11 bits per heavy atom. The Morgan fingerprint density at radius 1 is 1.50 bits per heavy atom. The summed E-state index contributed by atoms with van der Waals surface area (Å²) in [4.78, 5) is 14.3. The van der Waals surface area contributed by atoms with Crippen LogP contribution < -0.4 is 5.73 Å². The van der Waals surface area contributed by atoms with Crippen molar-refractivity contribution in [2.75, 3.05) is 13.1 Å². The van der Waals surface area contributed by atoms with Crippen LogP contribution in [0.3, 0.4) is 0 Å². The SMILES string of the molecule is CC1CN(C(=O)OC(C)(C)C)CCC1CC(N)=S. The molecule has 5 heteroatoms. The van der Waals surface area contributed by atoms with E-state index in [1.54, 1.807) is 4.90 Å². The summed E-state index contributed by atoms with van der Waals surface area (Å²) in [5.41, 5.74) is 5.15. The maximum absolute atomic E-state index is 11.9. The van der Waals surface area contributed by atoms with Crippen molar-refractivity contribution < 1.29 is 9.53 Å². The number of amides is 1. The average Bonchev–Trinajstić information content (AvgIpc) is 2.17. The van der Waals surface area contributed by atoms with E-state index < -0.39 is 5.60 Å². The van der Waals surface area contributed by atoms with Crippen molar-refractivity contribution in [2.45, 2.75) is 46.1 Å². The third-order valence-corrected chi connectivity index (χ3v) is 3.36. The van der Waals surface area contributed by atoms with E-state index in [0.29, 0.717) is 16.8 Å². The summed E-state index contributed by atoms with van der Waals surface area (Å²) < 4.78 is 5.38. The topological polar surface area (TPSA) is 55.6 Å². The van der Waals surface area contributed by atoms with Crippen LogP contribution in [0.1, 0.15) is 40.5 Å². The average molecular weight is 272 g/mol. The number of nitrogens with zero attached hydrogens (tertiary/aromatic N) is 1. The second-order valence-electron chi connectivity index (χ2n) is 6.12. The van der Waals surface area contributed by atoms with Gasteiger partial charge in [0.25, 0.3) is 0 Å². The van der Waals surface area contributed by atoms with Crippen molar-refractivity contribution in [3.63, 3.8) is 0 Å². The third kappa shape index (κ3) is 4.80. The smallest absolute Gasteiger partial charge is 0.410 e. The summed E-state index contributed by atoms with van der Waals surface area (Å²) in [6, 6.07) is 0. The van der Waals surface area contributed by atoms with E-state index in [4.69, 9.17) is 22.7 Å². The lowest BCUT2D eigenvalue weighted by Crippen LogP contribution is -2.45. The van der Waals surface area contributed by atoms with E-state index in [-0.39, 0.29) is 6.09 Å². The predicted octanol–water partition coefficient (Wildman–Crippen LogP) is 2.56. The monoisotopic (exact) mass is 272 g/mol. The molecule has 0 bridgehead atoms. The zero-order chi connectivity index (χ0) is 13.9. The molecule has 0 saturated carbocycles. The molecule has 0 aromatic rings. The van der Waals surface area contributed by atoms with Gasteiger partial charge in [-0.15, -0.1) is 0 Å². The van der Waals surface area contributed by atoms with Crippen molar-refractivity contribution in [3.8, 4) is 0 Å². The highest BCUT2D eigenvalue weighted by Gasteiger charge is 2.31. The Balaban J connectivity index is 2.50. The molecule has 0 aromatic carbocycles. The molecule has 1 amide bonds. The summed E-state index contributed by atoms with van der Waals surface area (Å²) >= 11 is 4.95. The van der Waals surface area contributed by atoms with Crippen molar-refractivity contribution in [1.29, 1.82) is 0 Å². The van der Waals surface area contributed by atoms with Gasteiger partial charge in [0, 0.05) is 19.5 Å². The minimum Gasteiger partial charge on any atom is -0.444 e. The normalized spacial score (nSPS) is 24.8. The van der Waals surface area contributed by atoms with Crippen molar-refractivity contribution >= 4 is 23.3 Å². The summed E-state index contributed by atoms with van der Waals surface area (Å²) in [5, 5.41) is 0. The maximum Gasteiger partial charge on any atom is 0.410 e. The molecule has 1 heterocycles. The zero-order valence-corrected chi connectivity index (χ0v) is 12.5. The largest absolute Gasteiger partial charge is 0.444 e. The molecule has 0 spiro atoms. The van der Waals surface area contributed by atoms with Gasteiger partial charge in [0.05, 0.1) is 4.99 Å². The summed E-state index contributed by atoms with van der Waals surface area (Å²) in [7, 11) is 0. The minimum atomic E-state index is -0.435. The van der Waals surface area contributed by atoms with E-state index >= 15 is 0 Å². The van der Waals surface area contributed by atoms with Crippen molar-refractivity contribution in [2.24, 2.45) is 17.6 Å². The first-order valence-electron chi connectivity index (χ1n) is 6.45. The van der Waals surface area contributed by atoms with Gasteiger partial charge < -0.3 is 15.4 Å². The molecular weight excluding hydrogens is 248 g/mol. The van der Waals surface area contributed by atoms with Crippen LogP contribution in [0.5, 0.6) is 0 Å². The van der Waals surface area contributed by atoms with Crippen LogP contribution >= 0.6 is 12.2 Å². The molecule has 0 radical (unpaired) electrons. The Kier molecular flexibility index (Phi) is 4.96. The lowest BCUT2D eigenvalue weighted by molar-refractivity contribution is 0.0121. The summed E-state index contributed by atoms with van der Waals surface area (Å²) in [5.74, 6) is 0.897. The molecule has 2 atom stereocenters. The van der Waals surface area contributed by atoms with Gasteiger partial charge in [-0.1, -0.05) is 19.1 Å². The van der Waals surface area contributed by atoms with Gasteiger partial charge in [0.1, 0.15) is 5.60 Å². The molecule has 2 N–H and O–H groups in total. The predicted molar refractivity (Wildman–Crippen MR) is 76.5 cm³/mol. The highest BCUT2D eigenvalue weighted by atomic mass is 32.1. The molecule has 0 aromatic heterocycles. The Bertz CT molecular complexity index is 325. The third-order valence-electron chi connectivity index (χ3n) is 3.20. The quantitative estimate of drug-likeness (QED) is 0.785. The first-order valence-corrected chi connectivity index (χ1v) is 6.86. The Morgan fingerprint density at radius 3 is 2.56 bits per heavy atom. The van der Waals surface area contributed by atoms with Crippen molar-refractivity contribution in [1.82, 2.24) is 4.90 Å². The number of likely N-dealkylation sites (tertiary alicyclic amines) is 1. The fourth-order valence-electron chi connectivity index (χ4n) is 2.25. The van der Waals surface area contributed by atoms with Crippen LogP contribution in [-0.2, 0) is 4.74 Å². The van der Waals surface area contributed by atoms with Crippen molar-refractivity contribution in [3.05, 3.63) is 0 Å². The van der Waals surface area contributed by atoms with Crippen LogP contribution in [0, 0.1) is 11.8 Å². The highest BCUT2D eigenvalue weighted by Crippen LogP contribution is 2.27. The fraction of sp³-hybridized carbons (Fsp3) is 0.846. The van der Waals surface area contributed by atoms with Gasteiger partial charge in [0.2, 0.25) is 0 Å². The molecule has 2 unspecified atom stereocenters. The van der Waals surface area contributed by atoms with Gasteiger partial charge in [-0.2, -0.15) is 0 Å². The molecule has 1 saturated heterocycles. The molecule has 0 aliphatic carbocycles. The molecule has 1 fully saturated rings. The lowest BCUT2D eigenvalue weighted by atomic mass is 9.84. The number of thiocarbonyl (C=S) groups is 1. The maximum atomic E-state index is 11.9. The summed E-state index contributed by atoms with van der Waals surface area (Å²) in [6.07, 6.45) is 1.50. The molecule has 1 aliphatic heterocycles. The number of carbonyl (C=O) groups is 1. The zero-order valence-electron chi connectivity index (χ0n) is 11.7. The number of hydrogen-bond donors (Lipinski definition) is 1. The standard InChI is InChI=1S/C13H24N2O2S/c1-9-8-15(12(16)17-13(2,3)4)6-5-10(9)7-11(14)18/h9-10H,5-8H2,1-4H3,(H2,14,18). The second kappa shape index (κ2) is 5.87. The number of carbonyl (C=O) groups excluding carboxylic acids is 1. The van der Waals surface area contributed by atoms with Crippen LogP contribution in [0.25, 0.3) is 0 Å². The molecular formula is C13H24N2O2S. The van der Waals surface area contributed by atoms with E-state index in [1.807, 2.05) is 20.8 Å². The number of piperidine rings is 1. The number of hydrogen-bond acceptors (Lipinski definition) is 3. The van der Waals surface area contributed by atoms with Crippen LogP contribution in [-0.4, -0.2) is 34.7 Å². The van der Waals surface area contributed by atoms with E-state index in [9.17, 15) is 4.79 Å². The van der Waals surface area contributed by atoms with Gasteiger partial charge in [-0.05, 0) is 39.0 Å². The minimum absolute atomic E-state index is 0.219. The molecule has 18 heavy (non-hydrogen) atoms. The molecule has 1 rings (SSSR count). The molecule has 4 nitrogen and oxygen atoms in total. The number of ether oxygens (including phenoxy) is 1. The van der Waals surface area contributed by atoms with Gasteiger partial charge >= 0.3 is 6.09 Å². The number of rotatable bonds is 2. The van der Waals surface area contributed by atoms with Crippen LogP contribution in [0.2, 0.25) is 0 Å². The van der Waals surface area contributed by atoms with Crippen LogP contribution in [0.15, 0.2) is 0 Å².